The summed E-state index contributed by atoms with van der Waals surface area (Å²) in [6, 6.07) is 16.2. The number of hydrogen-bond donors (Lipinski definition) is 0. The van der Waals surface area contributed by atoms with Crippen LogP contribution in [0.5, 0.6) is 0 Å². The highest BCUT2D eigenvalue weighted by Gasteiger charge is 2.30. The van der Waals surface area contributed by atoms with Crippen molar-refractivity contribution in [2.45, 2.75) is 6.18 Å². The minimum Gasteiger partial charge on any atom is -0.344 e. The minimum atomic E-state index is -4.40. The van der Waals surface area contributed by atoms with Crippen LogP contribution >= 0.6 is 11.3 Å². The Morgan fingerprint density at radius 1 is 1.03 bits per heavy atom. The molecule has 0 aliphatic rings. The van der Waals surface area contributed by atoms with Gasteiger partial charge >= 0.3 is 6.18 Å². The summed E-state index contributed by atoms with van der Waals surface area (Å²) in [5, 5.41) is 0. The lowest BCUT2D eigenvalue weighted by Crippen LogP contribution is -2.23. The van der Waals surface area contributed by atoms with Crippen LogP contribution in [-0.4, -0.2) is 14.0 Å². The molecule has 0 radical (unpaired) electrons. The summed E-state index contributed by atoms with van der Waals surface area (Å²) in [5.74, 6) is 0. The van der Waals surface area contributed by atoms with Crippen LogP contribution in [0.2, 0.25) is 0 Å². The Balaban J connectivity index is 1.62. The van der Waals surface area contributed by atoms with Gasteiger partial charge in [0.25, 0.3) is 5.56 Å². The normalized spacial score (nSPS) is 13.0. The van der Waals surface area contributed by atoms with Crippen molar-refractivity contribution in [2.24, 2.45) is 7.05 Å². The Morgan fingerprint density at radius 3 is 2.63 bits per heavy atom. The van der Waals surface area contributed by atoms with Crippen molar-refractivity contribution in [3.8, 4) is 11.3 Å². The molecule has 0 aliphatic heterocycles. The maximum atomic E-state index is 13.0. The predicted octanol–water partition coefficient (Wildman–Crippen LogP) is 4.48. The lowest BCUT2D eigenvalue weighted by atomic mass is 10.1. The van der Waals surface area contributed by atoms with E-state index in [9.17, 15) is 18.0 Å². The van der Waals surface area contributed by atoms with Crippen LogP contribution in [0, 0.1) is 0 Å². The third-order valence-corrected chi connectivity index (χ3v) is 6.04. The molecule has 3 heterocycles. The van der Waals surface area contributed by atoms with Gasteiger partial charge in [-0.25, -0.2) is 9.38 Å². The monoisotopic (exact) mass is 425 g/mol. The molecule has 0 aliphatic carbocycles. The third-order valence-electron chi connectivity index (χ3n) is 5.07. The van der Waals surface area contributed by atoms with Crippen LogP contribution in [0.15, 0.2) is 65.5 Å². The Bertz CT molecular complexity index is 1530. The van der Waals surface area contributed by atoms with E-state index < -0.39 is 11.7 Å². The van der Waals surface area contributed by atoms with Gasteiger partial charge in [0, 0.05) is 18.4 Å². The van der Waals surface area contributed by atoms with E-state index in [-0.39, 0.29) is 5.56 Å². The highest BCUT2D eigenvalue weighted by molar-refractivity contribution is 7.15. The molecular weight excluding hydrogens is 411 g/mol. The second kappa shape index (κ2) is 6.56. The van der Waals surface area contributed by atoms with E-state index >= 15 is 0 Å². The van der Waals surface area contributed by atoms with E-state index in [1.54, 1.807) is 40.3 Å². The number of benzene rings is 2. The molecule has 0 saturated carbocycles. The first kappa shape index (κ1) is 18.6. The Morgan fingerprint density at radius 2 is 1.83 bits per heavy atom. The van der Waals surface area contributed by atoms with Gasteiger partial charge in [-0.05, 0) is 48.0 Å². The molecule has 2 aromatic carbocycles. The molecule has 0 spiro atoms. The van der Waals surface area contributed by atoms with Crippen LogP contribution in [0.25, 0.3) is 33.3 Å². The van der Waals surface area contributed by atoms with E-state index in [4.69, 9.17) is 0 Å². The number of hydrogen-bond acceptors (Lipinski definition) is 3. The molecule has 150 valence electrons. The Hall–Kier alpha value is -3.39. The lowest BCUT2D eigenvalue weighted by molar-refractivity contribution is -0.137. The van der Waals surface area contributed by atoms with Crippen molar-refractivity contribution in [1.29, 1.82) is 0 Å². The first-order chi connectivity index (χ1) is 14.3. The molecule has 5 rings (SSSR count). The van der Waals surface area contributed by atoms with E-state index in [1.165, 1.54) is 17.4 Å². The van der Waals surface area contributed by atoms with Crippen LogP contribution in [0.3, 0.4) is 0 Å². The molecule has 0 amide bonds. The van der Waals surface area contributed by atoms with Gasteiger partial charge in [0.05, 0.1) is 21.1 Å². The molecular formula is C22H14F3N3OS. The first-order valence-electron chi connectivity index (χ1n) is 9.08. The molecule has 0 atom stereocenters. The minimum absolute atomic E-state index is 0.162. The topological polar surface area (TPSA) is 39.3 Å². The number of halogens is 3. The standard InChI is InChI=1S/C22H14F3N3OS/c1-27-15(9-10-17(27)13-5-4-6-14(11-13)22(23,24)25)12-19-20(29)28-18-8-3-2-7-16(18)26-21(28)30-19/h2-12H,1H3/b19-12+. The van der Waals surface area contributed by atoms with Gasteiger partial charge in [0.2, 0.25) is 0 Å². The number of fused-ring (bicyclic) bond motifs is 3. The van der Waals surface area contributed by atoms with Crippen LogP contribution in [0.1, 0.15) is 11.3 Å². The lowest BCUT2D eigenvalue weighted by Gasteiger charge is -2.10. The molecule has 4 nitrogen and oxygen atoms in total. The number of nitrogens with zero attached hydrogens (tertiary/aromatic N) is 3. The van der Waals surface area contributed by atoms with Crippen LogP contribution in [0.4, 0.5) is 13.2 Å². The second-order valence-electron chi connectivity index (χ2n) is 6.92. The number of thiazole rings is 1. The van der Waals surface area contributed by atoms with Crippen molar-refractivity contribution in [2.75, 3.05) is 0 Å². The zero-order valence-corrected chi connectivity index (χ0v) is 16.5. The summed E-state index contributed by atoms with van der Waals surface area (Å²) < 4.78 is 43.0. The van der Waals surface area contributed by atoms with Crippen molar-refractivity contribution < 1.29 is 13.2 Å². The summed E-state index contributed by atoms with van der Waals surface area (Å²) in [6.45, 7) is 0. The van der Waals surface area contributed by atoms with Crippen molar-refractivity contribution in [3.63, 3.8) is 0 Å². The summed E-state index contributed by atoms with van der Waals surface area (Å²) in [6.07, 6.45) is -2.66. The summed E-state index contributed by atoms with van der Waals surface area (Å²) in [7, 11) is 1.76. The van der Waals surface area contributed by atoms with Gasteiger partial charge in [-0.1, -0.05) is 35.6 Å². The van der Waals surface area contributed by atoms with Gasteiger partial charge in [-0.3, -0.25) is 4.79 Å². The number of rotatable bonds is 2. The number of para-hydroxylation sites is 2. The SMILES string of the molecule is Cn1c(/C=c2/sc3nc4ccccc4n3c2=O)ccc1-c1cccc(C(F)(F)F)c1. The van der Waals surface area contributed by atoms with E-state index in [0.717, 1.165) is 23.2 Å². The molecule has 5 aromatic rings. The smallest absolute Gasteiger partial charge is 0.344 e. The molecule has 30 heavy (non-hydrogen) atoms. The third kappa shape index (κ3) is 2.91. The van der Waals surface area contributed by atoms with E-state index in [0.29, 0.717) is 26.4 Å². The fraction of sp³-hybridized carbons (Fsp3) is 0.0909. The number of imidazole rings is 1. The van der Waals surface area contributed by atoms with Gasteiger partial charge < -0.3 is 4.57 Å². The van der Waals surface area contributed by atoms with Crippen molar-refractivity contribution >= 4 is 33.4 Å². The van der Waals surface area contributed by atoms with E-state index in [1.807, 2.05) is 24.3 Å². The van der Waals surface area contributed by atoms with Gasteiger partial charge in [-0.15, -0.1) is 0 Å². The summed E-state index contributed by atoms with van der Waals surface area (Å²) in [4.78, 5) is 18.0. The molecule has 8 heteroatoms. The molecule has 0 saturated heterocycles. The zero-order chi connectivity index (χ0) is 21.0. The van der Waals surface area contributed by atoms with E-state index in [2.05, 4.69) is 4.98 Å². The maximum Gasteiger partial charge on any atom is 0.416 e. The molecule has 0 fully saturated rings. The largest absolute Gasteiger partial charge is 0.416 e. The molecule has 0 N–H and O–H groups in total. The summed E-state index contributed by atoms with van der Waals surface area (Å²) >= 11 is 1.29. The highest BCUT2D eigenvalue weighted by Crippen LogP contribution is 2.32. The fourth-order valence-corrected chi connectivity index (χ4v) is 4.53. The fourth-order valence-electron chi connectivity index (χ4n) is 3.56. The molecule has 0 bridgehead atoms. The second-order valence-corrected chi connectivity index (χ2v) is 7.92. The zero-order valence-electron chi connectivity index (χ0n) is 15.6. The predicted molar refractivity (Wildman–Crippen MR) is 111 cm³/mol. The van der Waals surface area contributed by atoms with Gasteiger partial charge in [-0.2, -0.15) is 13.2 Å². The number of aromatic nitrogens is 3. The Labute approximate surface area is 172 Å². The molecule has 0 unspecified atom stereocenters. The molecule has 3 aromatic heterocycles. The first-order valence-corrected chi connectivity index (χ1v) is 9.90. The highest BCUT2D eigenvalue weighted by atomic mass is 32.1. The Kier molecular flexibility index (Phi) is 4.08. The van der Waals surface area contributed by atoms with Crippen molar-refractivity contribution in [1.82, 2.24) is 14.0 Å². The average molecular weight is 425 g/mol. The number of alkyl halides is 3. The van der Waals surface area contributed by atoms with Gasteiger partial charge in [0.1, 0.15) is 0 Å². The van der Waals surface area contributed by atoms with Gasteiger partial charge in [0.15, 0.2) is 4.96 Å². The average Bonchev–Trinajstić information content (AvgIpc) is 3.35. The maximum absolute atomic E-state index is 13.0. The van der Waals surface area contributed by atoms with Crippen LogP contribution in [-0.2, 0) is 13.2 Å². The van der Waals surface area contributed by atoms with Crippen LogP contribution < -0.4 is 10.1 Å². The summed E-state index contributed by atoms with van der Waals surface area (Å²) in [5.41, 5.74) is 2.47. The van der Waals surface area contributed by atoms with Crippen molar-refractivity contribution in [3.05, 3.63) is 86.8 Å². The quantitative estimate of drug-likeness (QED) is 0.418.